The SMILES string of the molecule is CCc1cc(CCCCC(NC(=O)O)c2ccccc2)c(OC)nc1C. The van der Waals surface area contributed by atoms with E-state index in [1.165, 1.54) is 5.56 Å². The van der Waals surface area contributed by atoms with Crippen molar-refractivity contribution >= 4 is 6.09 Å². The first-order valence-electron chi connectivity index (χ1n) is 9.13. The van der Waals surface area contributed by atoms with Gasteiger partial charge < -0.3 is 15.2 Å². The second-order valence-corrected chi connectivity index (χ2v) is 6.41. The van der Waals surface area contributed by atoms with Gasteiger partial charge in [-0.05, 0) is 49.8 Å². The molecular weight excluding hydrogens is 328 g/mol. The number of aromatic nitrogens is 1. The lowest BCUT2D eigenvalue weighted by Gasteiger charge is -2.17. The Morgan fingerprint density at radius 2 is 1.96 bits per heavy atom. The van der Waals surface area contributed by atoms with Crippen LogP contribution in [0.2, 0.25) is 0 Å². The quantitative estimate of drug-likeness (QED) is 0.640. The topological polar surface area (TPSA) is 71.5 Å². The highest BCUT2D eigenvalue weighted by Crippen LogP contribution is 2.24. The minimum atomic E-state index is -0.990. The van der Waals surface area contributed by atoms with Crippen molar-refractivity contribution in [2.45, 2.75) is 52.0 Å². The number of pyridine rings is 1. The summed E-state index contributed by atoms with van der Waals surface area (Å²) in [6.07, 6.45) is 3.47. The van der Waals surface area contributed by atoms with E-state index in [4.69, 9.17) is 9.84 Å². The molecule has 2 aromatic rings. The van der Waals surface area contributed by atoms with Gasteiger partial charge in [-0.3, -0.25) is 0 Å². The van der Waals surface area contributed by atoms with Crippen LogP contribution in [0.1, 0.15) is 54.6 Å². The van der Waals surface area contributed by atoms with Crippen LogP contribution in [0, 0.1) is 6.92 Å². The first kappa shape index (κ1) is 19.8. The van der Waals surface area contributed by atoms with Crippen LogP contribution >= 0.6 is 0 Å². The van der Waals surface area contributed by atoms with E-state index in [1.54, 1.807) is 7.11 Å². The summed E-state index contributed by atoms with van der Waals surface area (Å²) < 4.78 is 5.42. The third-order valence-corrected chi connectivity index (χ3v) is 4.62. The summed E-state index contributed by atoms with van der Waals surface area (Å²) in [5.74, 6) is 0.697. The van der Waals surface area contributed by atoms with E-state index in [0.29, 0.717) is 5.88 Å². The fraction of sp³-hybridized carbons (Fsp3) is 0.429. The molecule has 0 fully saturated rings. The van der Waals surface area contributed by atoms with Crippen molar-refractivity contribution in [3.63, 3.8) is 0 Å². The normalized spacial score (nSPS) is 11.8. The van der Waals surface area contributed by atoms with Crippen LogP contribution in [0.3, 0.4) is 0 Å². The van der Waals surface area contributed by atoms with E-state index < -0.39 is 6.09 Å². The molecule has 26 heavy (non-hydrogen) atoms. The second kappa shape index (κ2) is 9.80. The zero-order chi connectivity index (χ0) is 18.9. The number of hydrogen-bond donors (Lipinski definition) is 2. The van der Waals surface area contributed by atoms with Crippen LogP contribution in [-0.4, -0.2) is 23.3 Å². The summed E-state index contributed by atoms with van der Waals surface area (Å²) >= 11 is 0. The summed E-state index contributed by atoms with van der Waals surface area (Å²) in [5.41, 5.74) is 4.38. The van der Waals surface area contributed by atoms with Gasteiger partial charge in [-0.1, -0.05) is 43.7 Å². The van der Waals surface area contributed by atoms with E-state index >= 15 is 0 Å². The summed E-state index contributed by atoms with van der Waals surface area (Å²) in [4.78, 5) is 15.6. The van der Waals surface area contributed by atoms with Gasteiger partial charge in [0.25, 0.3) is 0 Å². The number of nitrogens with zero attached hydrogens (tertiary/aromatic N) is 1. The molecule has 5 heteroatoms. The van der Waals surface area contributed by atoms with Gasteiger partial charge >= 0.3 is 6.09 Å². The van der Waals surface area contributed by atoms with Crippen LogP contribution in [0.5, 0.6) is 5.88 Å². The Balaban J connectivity index is 1.97. The molecule has 140 valence electrons. The van der Waals surface area contributed by atoms with Crippen molar-refractivity contribution in [2.24, 2.45) is 0 Å². The smallest absolute Gasteiger partial charge is 0.405 e. The molecule has 1 aromatic carbocycles. The predicted molar refractivity (Wildman–Crippen MR) is 103 cm³/mol. The number of rotatable bonds is 9. The van der Waals surface area contributed by atoms with E-state index in [9.17, 15) is 4.79 Å². The van der Waals surface area contributed by atoms with Crippen molar-refractivity contribution in [3.05, 3.63) is 58.8 Å². The Morgan fingerprint density at radius 3 is 2.58 bits per heavy atom. The molecule has 5 nitrogen and oxygen atoms in total. The third kappa shape index (κ3) is 5.48. The van der Waals surface area contributed by atoms with Crippen LogP contribution in [0.25, 0.3) is 0 Å². The molecule has 1 amide bonds. The van der Waals surface area contributed by atoms with Crippen molar-refractivity contribution < 1.29 is 14.6 Å². The van der Waals surface area contributed by atoms with E-state index in [-0.39, 0.29) is 6.04 Å². The molecule has 2 N–H and O–H groups in total. The molecular formula is C21H28N2O3. The molecule has 2 rings (SSSR count). The Hall–Kier alpha value is -2.56. The fourth-order valence-corrected chi connectivity index (χ4v) is 3.21. The number of nitrogens with one attached hydrogen (secondary N) is 1. The van der Waals surface area contributed by atoms with Crippen LogP contribution in [-0.2, 0) is 12.8 Å². The number of hydrogen-bond acceptors (Lipinski definition) is 3. The van der Waals surface area contributed by atoms with Crippen molar-refractivity contribution in [2.75, 3.05) is 7.11 Å². The van der Waals surface area contributed by atoms with Gasteiger partial charge in [-0.2, -0.15) is 0 Å². The van der Waals surface area contributed by atoms with Crippen LogP contribution in [0.4, 0.5) is 4.79 Å². The van der Waals surface area contributed by atoms with Crippen molar-refractivity contribution in [1.82, 2.24) is 10.3 Å². The number of ether oxygens (including phenoxy) is 1. The van der Waals surface area contributed by atoms with Crippen LogP contribution < -0.4 is 10.1 Å². The van der Waals surface area contributed by atoms with Gasteiger partial charge in [0, 0.05) is 11.3 Å². The second-order valence-electron chi connectivity index (χ2n) is 6.41. The minimum absolute atomic E-state index is 0.182. The first-order chi connectivity index (χ1) is 12.5. The maximum absolute atomic E-state index is 11.1. The number of carbonyl (C=O) groups is 1. The van der Waals surface area contributed by atoms with E-state index in [2.05, 4.69) is 23.3 Å². The van der Waals surface area contributed by atoms with Gasteiger partial charge in [0.05, 0.1) is 13.2 Å². The monoisotopic (exact) mass is 356 g/mol. The number of unbranched alkanes of at least 4 members (excludes halogenated alkanes) is 1. The summed E-state index contributed by atoms with van der Waals surface area (Å²) in [6.45, 7) is 4.13. The molecule has 0 saturated heterocycles. The molecule has 1 aromatic heterocycles. The maximum Gasteiger partial charge on any atom is 0.405 e. The zero-order valence-electron chi connectivity index (χ0n) is 15.8. The molecule has 0 bridgehead atoms. The minimum Gasteiger partial charge on any atom is -0.481 e. The number of carboxylic acid groups (broad SMARTS) is 1. The standard InChI is InChI=1S/C21H28N2O3/c1-4-16-14-18(20(26-3)22-15(16)2)12-8-9-13-19(23-21(24)25)17-10-6-5-7-11-17/h5-7,10-11,14,19,23H,4,8-9,12-13H2,1-3H3,(H,24,25). The molecule has 1 heterocycles. The summed E-state index contributed by atoms with van der Waals surface area (Å²) in [5, 5.41) is 11.7. The maximum atomic E-state index is 11.1. The van der Waals surface area contributed by atoms with Crippen molar-refractivity contribution in [3.8, 4) is 5.88 Å². The molecule has 0 aliphatic carbocycles. The lowest BCUT2D eigenvalue weighted by Crippen LogP contribution is -2.26. The molecule has 1 atom stereocenters. The average molecular weight is 356 g/mol. The van der Waals surface area contributed by atoms with Gasteiger partial charge in [0.15, 0.2) is 0 Å². The fourth-order valence-electron chi connectivity index (χ4n) is 3.21. The highest BCUT2D eigenvalue weighted by molar-refractivity contribution is 5.65. The van der Waals surface area contributed by atoms with Gasteiger partial charge in [-0.15, -0.1) is 0 Å². The molecule has 0 aliphatic heterocycles. The molecule has 0 aliphatic rings. The largest absolute Gasteiger partial charge is 0.481 e. The molecule has 1 unspecified atom stereocenters. The predicted octanol–water partition coefficient (Wildman–Crippen LogP) is 4.68. The lowest BCUT2D eigenvalue weighted by molar-refractivity contribution is 0.189. The average Bonchev–Trinajstić information content (AvgIpc) is 2.65. The number of amides is 1. The van der Waals surface area contributed by atoms with Crippen molar-refractivity contribution in [1.29, 1.82) is 0 Å². The summed E-state index contributed by atoms with van der Waals surface area (Å²) in [6, 6.07) is 11.7. The Bertz CT molecular complexity index is 717. The highest BCUT2D eigenvalue weighted by atomic mass is 16.5. The van der Waals surface area contributed by atoms with Gasteiger partial charge in [-0.25, -0.2) is 9.78 Å². The van der Waals surface area contributed by atoms with Gasteiger partial charge in [0.2, 0.25) is 5.88 Å². The number of aryl methyl sites for hydroxylation is 3. The van der Waals surface area contributed by atoms with Crippen LogP contribution in [0.15, 0.2) is 36.4 Å². The molecule has 0 radical (unpaired) electrons. The summed E-state index contributed by atoms with van der Waals surface area (Å²) in [7, 11) is 1.65. The lowest BCUT2D eigenvalue weighted by atomic mass is 9.98. The Morgan fingerprint density at radius 1 is 1.23 bits per heavy atom. The third-order valence-electron chi connectivity index (χ3n) is 4.62. The van der Waals surface area contributed by atoms with Gasteiger partial charge in [0.1, 0.15) is 0 Å². The number of methoxy groups -OCH3 is 1. The Kier molecular flexibility index (Phi) is 7.45. The zero-order valence-corrected chi connectivity index (χ0v) is 15.8. The van der Waals surface area contributed by atoms with E-state index in [1.807, 2.05) is 37.3 Å². The molecule has 0 saturated carbocycles. The first-order valence-corrected chi connectivity index (χ1v) is 9.13. The Labute approximate surface area is 155 Å². The molecule has 0 spiro atoms. The highest BCUT2D eigenvalue weighted by Gasteiger charge is 2.14. The number of benzene rings is 1. The van der Waals surface area contributed by atoms with E-state index in [0.717, 1.165) is 48.9 Å².